The number of likely N-dealkylation sites (tertiary alicyclic amines) is 2. The zero-order chi connectivity index (χ0) is 13.8. The smallest absolute Gasteiger partial charge is 0.224 e. The van der Waals surface area contributed by atoms with Crippen LogP contribution >= 0.6 is 24.8 Å². The molecule has 1 amide bonds. The normalized spacial score (nSPS) is 29.5. The van der Waals surface area contributed by atoms with Crippen LogP contribution in [0.5, 0.6) is 0 Å². The van der Waals surface area contributed by atoms with Gasteiger partial charge in [0.1, 0.15) is 0 Å². The first-order valence-electron chi connectivity index (χ1n) is 8.58. The first-order valence-corrected chi connectivity index (χ1v) is 8.58. The van der Waals surface area contributed by atoms with Gasteiger partial charge >= 0.3 is 0 Å². The van der Waals surface area contributed by atoms with Gasteiger partial charge in [-0.05, 0) is 64.6 Å². The van der Waals surface area contributed by atoms with Crippen molar-refractivity contribution < 1.29 is 4.79 Å². The van der Waals surface area contributed by atoms with Crippen LogP contribution in [0.15, 0.2) is 0 Å². The lowest BCUT2D eigenvalue weighted by Crippen LogP contribution is -2.38. The van der Waals surface area contributed by atoms with Crippen molar-refractivity contribution in [3.05, 3.63) is 0 Å². The minimum Gasteiger partial charge on any atom is -0.343 e. The second-order valence-corrected chi connectivity index (χ2v) is 6.71. The van der Waals surface area contributed by atoms with Crippen LogP contribution in [0.2, 0.25) is 0 Å². The standard InChI is InChI=1S/C16H29N3O.2ClH/c20-16(13-14-5-3-8-17-14)19-11-4-6-15(7-12-19)18-9-1-2-10-18;;/h14-15,17H,1-13H2;2*1H. The number of hydrogen-bond acceptors (Lipinski definition) is 3. The van der Waals surface area contributed by atoms with Crippen LogP contribution in [0, 0.1) is 0 Å². The molecule has 0 aromatic rings. The SMILES string of the molecule is Cl.Cl.O=C(CC1CCCN1)N1CCCC(N2CCCC2)CC1. The quantitative estimate of drug-likeness (QED) is 0.848. The van der Waals surface area contributed by atoms with Crippen LogP contribution in [0.1, 0.15) is 51.4 Å². The number of rotatable bonds is 3. The molecule has 0 aromatic heterocycles. The van der Waals surface area contributed by atoms with Gasteiger partial charge in [-0.3, -0.25) is 4.79 Å². The van der Waals surface area contributed by atoms with E-state index >= 15 is 0 Å². The lowest BCUT2D eigenvalue weighted by molar-refractivity contribution is -0.131. The van der Waals surface area contributed by atoms with Crippen molar-refractivity contribution in [1.29, 1.82) is 0 Å². The molecule has 0 aliphatic carbocycles. The average molecular weight is 352 g/mol. The minimum atomic E-state index is 0. The Kier molecular flexibility index (Phi) is 9.07. The van der Waals surface area contributed by atoms with E-state index < -0.39 is 0 Å². The van der Waals surface area contributed by atoms with Gasteiger partial charge in [-0.15, -0.1) is 24.8 Å². The number of nitrogens with zero attached hydrogens (tertiary/aromatic N) is 2. The predicted octanol–water partition coefficient (Wildman–Crippen LogP) is 2.45. The van der Waals surface area contributed by atoms with E-state index in [9.17, 15) is 4.79 Å². The highest BCUT2D eigenvalue weighted by molar-refractivity contribution is 5.85. The number of hydrogen-bond donors (Lipinski definition) is 1. The van der Waals surface area contributed by atoms with Gasteiger partial charge in [-0.25, -0.2) is 0 Å². The molecule has 0 bridgehead atoms. The highest BCUT2D eigenvalue weighted by Gasteiger charge is 2.27. The molecule has 3 aliphatic heterocycles. The maximum absolute atomic E-state index is 12.4. The first kappa shape index (κ1) is 20.0. The Hall–Kier alpha value is -0.0300. The van der Waals surface area contributed by atoms with Gasteiger partial charge in [-0.2, -0.15) is 0 Å². The van der Waals surface area contributed by atoms with Gasteiger partial charge in [-0.1, -0.05) is 0 Å². The van der Waals surface area contributed by atoms with Crippen molar-refractivity contribution in [2.75, 3.05) is 32.7 Å². The lowest BCUT2D eigenvalue weighted by Gasteiger charge is -2.26. The van der Waals surface area contributed by atoms with Crippen molar-refractivity contribution in [2.45, 2.75) is 63.5 Å². The van der Waals surface area contributed by atoms with E-state index in [2.05, 4.69) is 15.1 Å². The van der Waals surface area contributed by atoms with Gasteiger partial charge in [0, 0.05) is 31.6 Å². The third-order valence-corrected chi connectivity index (χ3v) is 5.29. The van der Waals surface area contributed by atoms with E-state index in [1.807, 2.05) is 0 Å². The molecule has 0 saturated carbocycles. The molecule has 22 heavy (non-hydrogen) atoms. The fraction of sp³-hybridized carbons (Fsp3) is 0.938. The number of amides is 1. The Balaban J connectivity index is 0.00000121. The van der Waals surface area contributed by atoms with E-state index in [0.717, 1.165) is 25.7 Å². The number of carbonyl (C=O) groups is 1. The lowest BCUT2D eigenvalue weighted by atomic mass is 10.1. The highest BCUT2D eigenvalue weighted by Crippen LogP contribution is 2.22. The second kappa shape index (κ2) is 9.96. The van der Waals surface area contributed by atoms with Gasteiger partial charge in [0.05, 0.1) is 0 Å². The molecule has 0 aromatic carbocycles. The molecule has 130 valence electrons. The Labute approximate surface area is 147 Å². The predicted molar refractivity (Wildman–Crippen MR) is 95.2 cm³/mol. The summed E-state index contributed by atoms with van der Waals surface area (Å²) in [5, 5.41) is 3.44. The van der Waals surface area contributed by atoms with Crippen LogP contribution in [0.4, 0.5) is 0 Å². The van der Waals surface area contributed by atoms with Crippen LogP contribution in [0.3, 0.4) is 0 Å². The van der Waals surface area contributed by atoms with E-state index in [4.69, 9.17) is 0 Å². The zero-order valence-electron chi connectivity index (χ0n) is 13.5. The van der Waals surface area contributed by atoms with Crippen molar-refractivity contribution in [3.63, 3.8) is 0 Å². The van der Waals surface area contributed by atoms with E-state index in [1.165, 1.54) is 58.0 Å². The van der Waals surface area contributed by atoms with Crippen molar-refractivity contribution in [2.24, 2.45) is 0 Å². The topological polar surface area (TPSA) is 35.6 Å². The summed E-state index contributed by atoms with van der Waals surface area (Å²) in [5.41, 5.74) is 0. The molecule has 2 unspecified atom stereocenters. The Bertz CT molecular complexity index is 331. The summed E-state index contributed by atoms with van der Waals surface area (Å²) < 4.78 is 0. The van der Waals surface area contributed by atoms with Gasteiger partial charge in [0.15, 0.2) is 0 Å². The summed E-state index contributed by atoms with van der Waals surface area (Å²) in [6.45, 7) is 5.62. The summed E-state index contributed by atoms with van der Waals surface area (Å²) in [6, 6.07) is 1.18. The number of carbonyl (C=O) groups excluding carboxylic acids is 1. The Morgan fingerprint density at radius 3 is 2.36 bits per heavy atom. The Morgan fingerprint density at radius 2 is 1.68 bits per heavy atom. The molecule has 3 saturated heterocycles. The third kappa shape index (κ3) is 5.26. The molecule has 1 N–H and O–H groups in total. The van der Waals surface area contributed by atoms with Crippen LogP contribution in [-0.2, 0) is 4.79 Å². The number of halogens is 2. The molecule has 4 nitrogen and oxygen atoms in total. The minimum absolute atomic E-state index is 0. The maximum atomic E-state index is 12.4. The van der Waals surface area contributed by atoms with Crippen LogP contribution in [0.25, 0.3) is 0 Å². The summed E-state index contributed by atoms with van der Waals surface area (Å²) in [6.07, 6.45) is 9.51. The van der Waals surface area contributed by atoms with E-state index in [-0.39, 0.29) is 24.8 Å². The van der Waals surface area contributed by atoms with Gasteiger partial charge in [0.2, 0.25) is 5.91 Å². The Morgan fingerprint density at radius 1 is 0.909 bits per heavy atom. The first-order chi connectivity index (χ1) is 9.83. The van der Waals surface area contributed by atoms with E-state index in [0.29, 0.717) is 18.4 Å². The molecular weight excluding hydrogens is 321 g/mol. The molecular formula is C16H31Cl2N3O. The fourth-order valence-corrected chi connectivity index (χ4v) is 4.07. The van der Waals surface area contributed by atoms with Crippen LogP contribution < -0.4 is 5.32 Å². The van der Waals surface area contributed by atoms with Crippen molar-refractivity contribution in [1.82, 2.24) is 15.1 Å². The van der Waals surface area contributed by atoms with Gasteiger partial charge in [0.25, 0.3) is 0 Å². The van der Waals surface area contributed by atoms with Crippen LogP contribution in [-0.4, -0.2) is 60.5 Å². The molecule has 3 fully saturated rings. The van der Waals surface area contributed by atoms with Gasteiger partial charge < -0.3 is 15.1 Å². The summed E-state index contributed by atoms with van der Waals surface area (Å²) in [4.78, 5) is 17.2. The average Bonchev–Trinajstić information content (AvgIpc) is 3.09. The molecule has 2 atom stereocenters. The molecule has 6 heteroatoms. The summed E-state index contributed by atoms with van der Waals surface area (Å²) >= 11 is 0. The molecule has 3 heterocycles. The molecule has 3 aliphatic rings. The molecule has 0 radical (unpaired) electrons. The monoisotopic (exact) mass is 351 g/mol. The largest absolute Gasteiger partial charge is 0.343 e. The maximum Gasteiger partial charge on any atom is 0.224 e. The van der Waals surface area contributed by atoms with Crippen molar-refractivity contribution >= 4 is 30.7 Å². The second-order valence-electron chi connectivity index (χ2n) is 6.71. The summed E-state index contributed by atoms with van der Waals surface area (Å²) in [7, 11) is 0. The zero-order valence-corrected chi connectivity index (χ0v) is 15.1. The fourth-order valence-electron chi connectivity index (χ4n) is 4.07. The number of nitrogens with one attached hydrogen (secondary N) is 1. The molecule has 3 rings (SSSR count). The summed E-state index contributed by atoms with van der Waals surface area (Å²) in [5.74, 6) is 0.381. The highest BCUT2D eigenvalue weighted by atomic mass is 35.5. The third-order valence-electron chi connectivity index (χ3n) is 5.29. The van der Waals surface area contributed by atoms with E-state index in [1.54, 1.807) is 0 Å². The molecule has 0 spiro atoms. The van der Waals surface area contributed by atoms with Crippen molar-refractivity contribution in [3.8, 4) is 0 Å².